The van der Waals surface area contributed by atoms with Crippen molar-refractivity contribution in [1.29, 1.82) is 5.26 Å². The van der Waals surface area contributed by atoms with Crippen molar-refractivity contribution in [2.24, 2.45) is 11.3 Å². The molecule has 0 saturated carbocycles. The fourth-order valence-corrected chi connectivity index (χ4v) is 2.68. The molecule has 5 nitrogen and oxygen atoms in total. The molecule has 0 bridgehead atoms. The maximum atomic E-state index is 12.2. The van der Waals surface area contributed by atoms with E-state index in [-0.39, 0.29) is 5.91 Å². The molecule has 0 aromatic carbocycles. The molecule has 0 saturated heterocycles. The van der Waals surface area contributed by atoms with Gasteiger partial charge in [-0.05, 0) is 18.8 Å². The highest BCUT2D eigenvalue weighted by Gasteiger charge is 2.35. The highest BCUT2D eigenvalue weighted by Crippen LogP contribution is 2.28. The third-order valence-corrected chi connectivity index (χ3v) is 3.99. The number of nitrogens with one attached hydrogen (secondary N) is 1. The topological polar surface area (TPSA) is 78.7 Å². The summed E-state index contributed by atoms with van der Waals surface area (Å²) in [6.45, 7) is 7.90. The van der Waals surface area contributed by atoms with Gasteiger partial charge in [-0.15, -0.1) is 10.2 Å². The SMILES string of the molecule is CCC(C#N)(CC)C(=O)Nc1nnc(CC(C)C)s1. The van der Waals surface area contributed by atoms with Crippen LogP contribution in [0, 0.1) is 22.7 Å². The molecule has 0 aliphatic carbocycles. The standard InChI is InChI=1S/C13H20N4OS/c1-5-13(6-2,8-14)11(18)15-12-17-16-10(19-12)7-9(3)4/h9H,5-7H2,1-4H3,(H,15,17,18). The number of rotatable bonds is 6. The van der Waals surface area contributed by atoms with Crippen LogP contribution in [0.2, 0.25) is 0 Å². The first-order valence-corrected chi connectivity index (χ1v) is 7.34. The number of amides is 1. The quantitative estimate of drug-likeness (QED) is 0.868. The van der Waals surface area contributed by atoms with Crippen molar-refractivity contribution in [3.8, 4) is 6.07 Å². The van der Waals surface area contributed by atoms with Crippen LogP contribution < -0.4 is 5.32 Å². The lowest BCUT2D eigenvalue weighted by Crippen LogP contribution is -2.33. The average Bonchev–Trinajstić information content (AvgIpc) is 2.78. The molecule has 0 aliphatic heterocycles. The molecule has 6 heteroatoms. The lowest BCUT2D eigenvalue weighted by atomic mass is 9.83. The van der Waals surface area contributed by atoms with Crippen molar-refractivity contribution in [2.45, 2.75) is 47.0 Å². The van der Waals surface area contributed by atoms with E-state index in [2.05, 4.69) is 35.4 Å². The number of hydrogen-bond acceptors (Lipinski definition) is 5. The summed E-state index contributed by atoms with van der Waals surface area (Å²) in [7, 11) is 0. The van der Waals surface area contributed by atoms with Gasteiger partial charge in [-0.1, -0.05) is 39.0 Å². The summed E-state index contributed by atoms with van der Waals surface area (Å²) in [5.41, 5.74) is -0.968. The Hall–Kier alpha value is -1.48. The maximum Gasteiger partial charge on any atom is 0.246 e. The van der Waals surface area contributed by atoms with E-state index >= 15 is 0 Å². The van der Waals surface area contributed by atoms with Crippen molar-refractivity contribution in [3.05, 3.63) is 5.01 Å². The monoisotopic (exact) mass is 280 g/mol. The van der Waals surface area contributed by atoms with Crippen LogP contribution >= 0.6 is 11.3 Å². The van der Waals surface area contributed by atoms with E-state index in [0.29, 0.717) is 23.9 Å². The third kappa shape index (κ3) is 3.74. The normalized spacial score (nSPS) is 11.4. The van der Waals surface area contributed by atoms with Gasteiger partial charge in [0.2, 0.25) is 11.0 Å². The van der Waals surface area contributed by atoms with Gasteiger partial charge in [-0.3, -0.25) is 10.1 Å². The van der Waals surface area contributed by atoms with Gasteiger partial charge in [-0.2, -0.15) is 5.26 Å². The first-order valence-electron chi connectivity index (χ1n) is 6.52. The van der Waals surface area contributed by atoms with Gasteiger partial charge in [-0.25, -0.2) is 0 Å². The molecule has 0 radical (unpaired) electrons. The second kappa shape index (κ2) is 6.62. The van der Waals surface area contributed by atoms with Crippen LogP contribution in [-0.4, -0.2) is 16.1 Å². The molecule has 0 unspecified atom stereocenters. The molecule has 0 fully saturated rings. The van der Waals surface area contributed by atoms with Crippen LogP contribution in [0.15, 0.2) is 0 Å². The van der Waals surface area contributed by atoms with E-state index in [1.165, 1.54) is 11.3 Å². The summed E-state index contributed by atoms with van der Waals surface area (Å²) in [6, 6.07) is 2.12. The lowest BCUT2D eigenvalue weighted by molar-refractivity contribution is -0.123. The van der Waals surface area contributed by atoms with E-state index in [9.17, 15) is 10.1 Å². The zero-order valence-electron chi connectivity index (χ0n) is 11.9. The predicted molar refractivity (Wildman–Crippen MR) is 75.7 cm³/mol. The predicted octanol–water partition coefficient (Wildman–Crippen LogP) is 3.01. The largest absolute Gasteiger partial charge is 0.299 e. The molecule has 0 atom stereocenters. The highest BCUT2D eigenvalue weighted by atomic mass is 32.1. The summed E-state index contributed by atoms with van der Waals surface area (Å²) in [4.78, 5) is 12.2. The Labute approximate surface area is 118 Å². The third-order valence-electron chi connectivity index (χ3n) is 3.13. The number of anilines is 1. The molecule has 19 heavy (non-hydrogen) atoms. The zero-order chi connectivity index (χ0) is 14.5. The Morgan fingerprint density at radius 1 is 1.42 bits per heavy atom. The maximum absolute atomic E-state index is 12.2. The summed E-state index contributed by atoms with van der Waals surface area (Å²) in [6.07, 6.45) is 1.82. The number of aromatic nitrogens is 2. The van der Waals surface area contributed by atoms with Crippen molar-refractivity contribution < 1.29 is 4.79 Å². The van der Waals surface area contributed by atoms with Gasteiger partial charge in [0.1, 0.15) is 10.4 Å². The minimum Gasteiger partial charge on any atom is -0.299 e. The van der Waals surface area contributed by atoms with Crippen LogP contribution in [0.25, 0.3) is 0 Å². The minimum absolute atomic E-state index is 0.285. The summed E-state index contributed by atoms with van der Waals surface area (Å²) < 4.78 is 0. The fraction of sp³-hybridized carbons (Fsp3) is 0.692. The Morgan fingerprint density at radius 2 is 2.05 bits per heavy atom. The Morgan fingerprint density at radius 3 is 2.53 bits per heavy atom. The summed E-state index contributed by atoms with van der Waals surface area (Å²) in [5, 5.41) is 21.3. The first kappa shape index (κ1) is 15.6. The molecule has 1 heterocycles. The molecular weight excluding hydrogens is 260 g/mol. The summed E-state index contributed by atoms with van der Waals surface area (Å²) in [5.74, 6) is 0.216. The molecule has 104 valence electrons. The Balaban J connectivity index is 2.77. The molecule has 1 aromatic rings. The highest BCUT2D eigenvalue weighted by molar-refractivity contribution is 7.15. The Bertz CT molecular complexity index is 471. The van der Waals surface area contributed by atoms with Crippen molar-refractivity contribution in [2.75, 3.05) is 5.32 Å². The van der Waals surface area contributed by atoms with Crippen molar-refractivity contribution in [3.63, 3.8) is 0 Å². The van der Waals surface area contributed by atoms with E-state index in [1.54, 1.807) is 0 Å². The van der Waals surface area contributed by atoms with E-state index < -0.39 is 5.41 Å². The van der Waals surface area contributed by atoms with Gasteiger partial charge in [0, 0.05) is 6.42 Å². The molecule has 0 aliphatic rings. The second-order valence-corrected chi connectivity index (χ2v) is 6.02. The fourth-order valence-electron chi connectivity index (χ4n) is 1.73. The van der Waals surface area contributed by atoms with Crippen LogP contribution in [0.1, 0.15) is 45.5 Å². The number of carbonyl (C=O) groups excluding carboxylic acids is 1. The number of nitrogens with zero attached hydrogens (tertiary/aromatic N) is 3. The van der Waals surface area contributed by atoms with Crippen LogP contribution in [0.4, 0.5) is 5.13 Å². The Kier molecular flexibility index (Phi) is 5.43. The van der Waals surface area contributed by atoms with Crippen LogP contribution in [0.3, 0.4) is 0 Å². The smallest absolute Gasteiger partial charge is 0.246 e. The zero-order valence-corrected chi connectivity index (χ0v) is 12.7. The second-order valence-electron chi connectivity index (χ2n) is 4.95. The van der Waals surface area contributed by atoms with Crippen molar-refractivity contribution >= 4 is 22.4 Å². The van der Waals surface area contributed by atoms with Crippen molar-refractivity contribution in [1.82, 2.24) is 10.2 Å². The number of hydrogen-bond donors (Lipinski definition) is 1. The molecule has 1 rings (SSSR count). The van der Waals surface area contributed by atoms with Crippen LogP contribution in [0.5, 0.6) is 0 Å². The number of nitriles is 1. The number of carbonyl (C=O) groups is 1. The molecule has 1 aromatic heterocycles. The lowest BCUT2D eigenvalue weighted by Gasteiger charge is -2.20. The first-order chi connectivity index (χ1) is 8.97. The molecular formula is C13H20N4OS. The minimum atomic E-state index is -0.968. The van der Waals surface area contributed by atoms with Crippen LogP contribution in [-0.2, 0) is 11.2 Å². The van der Waals surface area contributed by atoms with Gasteiger partial charge in [0.05, 0.1) is 6.07 Å². The van der Waals surface area contributed by atoms with Gasteiger partial charge >= 0.3 is 0 Å². The summed E-state index contributed by atoms with van der Waals surface area (Å²) >= 11 is 1.37. The molecule has 1 amide bonds. The molecule has 1 N–H and O–H groups in total. The van der Waals surface area contributed by atoms with E-state index in [0.717, 1.165) is 11.4 Å². The van der Waals surface area contributed by atoms with Gasteiger partial charge < -0.3 is 0 Å². The molecule has 0 spiro atoms. The van der Waals surface area contributed by atoms with Gasteiger partial charge in [0.15, 0.2) is 0 Å². The van der Waals surface area contributed by atoms with E-state index in [1.807, 2.05) is 13.8 Å². The average molecular weight is 280 g/mol. The van der Waals surface area contributed by atoms with E-state index in [4.69, 9.17) is 0 Å². The van der Waals surface area contributed by atoms with Gasteiger partial charge in [0.25, 0.3) is 0 Å².